The van der Waals surface area contributed by atoms with Gasteiger partial charge in [-0.05, 0) is 31.5 Å². The second-order valence-electron chi connectivity index (χ2n) is 3.30. The predicted molar refractivity (Wildman–Crippen MR) is 75.7 cm³/mol. The van der Waals surface area contributed by atoms with E-state index in [9.17, 15) is 0 Å². The summed E-state index contributed by atoms with van der Waals surface area (Å²) in [5, 5.41) is 4.23. The van der Waals surface area contributed by atoms with Crippen LogP contribution in [0.3, 0.4) is 0 Å². The Morgan fingerprint density at radius 3 is 1.76 bits per heavy atom. The Morgan fingerprint density at radius 1 is 0.824 bits per heavy atom. The molecule has 2 nitrogen and oxygen atoms in total. The highest BCUT2D eigenvalue weighted by atomic mass is 15.3. The van der Waals surface area contributed by atoms with Crippen LogP contribution in [0.5, 0.6) is 0 Å². The van der Waals surface area contributed by atoms with E-state index in [-0.39, 0.29) is 0 Å². The van der Waals surface area contributed by atoms with Crippen LogP contribution in [0.1, 0.15) is 38.8 Å². The smallest absolute Gasteiger partial charge is 0.0645 e. The van der Waals surface area contributed by atoms with Crippen molar-refractivity contribution in [1.29, 1.82) is 0 Å². The summed E-state index contributed by atoms with van der Waals surface area (Å²) in [5.41, 5.74) is 3.56. The molecule has 1 heterocycles. The number of hydrogen-bond donors (Lipinski definition) is 0. The molecule has 0 radical (unpaired) electrons. The lowest BCUT2D eigenvalue weighted by atomic mass is 10.2. The summed E-state index contributed by atoms with van der Waals surface area (Å²) in [7, 11) is 0. The summed E-state index contributed by atoms with van der Waals surface area (Å²) in [6, 6.07) is 8.32. The van der Waals surface area contributed by atoms with Crippen molar-refractivity contribution in [3.8, 4) is 5.69 Å². The van der Waals surface area contributed by atoms with Crippen LogP contribution in [0.2, 0.25) is 0 Å². The molecule has 1 aromatic carbocycles. The molecule has 94 valence electrons. The molecule has 17 heavy (non-hydrogen) atoms. The standard InChI is InChI=1S/C11H12N2.2C2H6/c1-9-3-5-11(6-4-9)13-8-10(2)7-12-13;2*1-2/h3-8H,1-2H3;2*1-2H3. The van der Waals surface area contributed by atoms with Crippen molar-refractivity contribution in [2.45, 2.75) is 41.5 Å². The third-order valence-electron chi connectivity index (χ3n) is 2.01. The molecular formula is C15H24N2. The van der Waals surface area contributed by atoms with Gasteiger partial charge in [-0.1, -0.05) is 45.4 Å². The Balaban J connectivity index is 0.000000581. The van der Waals surface area contributed by atoms with Crippen molar-refractivity contribution in [1.82, 2.24) is 9.78 Å². The summed E-state index contributed by atoms with van der Waals surface area (Å²) >= 11 is 0. The molecule has 0 bridgehead atoms. The van der Waals surface area contributed by atoms with Gasteiger partial charge < -0.3 is 0 Å². The van der Waals surface area contributed by atoms with Gasteiger partial charge in [-0.15, -0.1) is 0 Å². The van der Waals surface area contributed by atoms with E-state index < -0.39 is 0 Å². The van der Waals surface area contributed by atoms with Crippen LogP contribution in [-0.4, -0.2) is 9.78 Å². The molecule has 0 spiro atoms. The van der Waals surface area contributed by atoms with Gasteiger partial charge in [0.1, 0.15) is 0 Å². The van der Waals surface area contributed by atoms with E-state index in [0.29, 0.717) is 0 Å². The Labute approximate surface area is 105 Å². The highest BCUT2D eigenvalue weighted by Gasteiger charge is 1.96. The number of benzene rings is 1. The van der Waals surface area contributed by atoms with E-state index in [1.54, 1.807) is 0 Å². The van der Waals surface area contributed by atoms with Crippen LogP contribution in [0, 0.1) is 13.8 Å². The minimum Gasteiger partial charge on any atom is -0.241 e. The van der Waals surface area contributed by atoms with Gasteiger partial charge in [0.15, 0.2) is 0 Å². The minimum atomic E-state index is 1.11. The lowest BCUT2D eigenvalue weighted by Gasteiger charge is -2.00. The zero-order valence-electron chi connectivity index (χ0n) is 11.9. The average Bonchev–Trinajstić information content (AvgIpc) is 2.82. The van der Waals surface area contributed by atoms with Gasteiger partial charge in [0, 0.05) is 6.20 Å². The van der Waals surface area contributed by atoms with Crippen LogP contribution in [0.4, 0.5) is 0 Å². The van der Waals surface area contributed by atoms with Gasteiger partial charge in [0.25, 0.3) is 0 Å². The lowest BCUT2D eigenvalue weighted by Crippen LogP contribution is -1.93. The Morgan fingerprint density at radius 2 is 1.35 bits per heavy atom. The van der Waals surface area contributed by atoms with E-state index in [0.717, 1.165) is 5.69 Å². The predicted octanol–water partition coefficient (Wildman–Crippen LogP) is 4.54. The SMILES string of the molecule is CC.CC.Cc1ccc(-n2cc(C)cn2)cc1. The summed E-state index contributed by atoms with van der Waals surface area (Å²) in [4.78, 5) is 0. The number of aromatic nitrogens is 2. The fourth-order valence-corrected chi connectivity index (χ4v) is 1.25. The maximum Gasteiger partial charge on any atom is 0.0645 e. The van der Waals surface area contributed by atoms with Crippen molar-refractivity contribution < 1.29 is 0 Å². The molecule has 0 aliphatic heterocycles. The summed E-state index contributed by atoms with van der Waals surface area (Å²) in [6.45, 7) is 12.1. The third-order valence-corrected chi connectivity index (χ3v) is 2.01. The van der Waals surface area contributed by atoms with Crippen LogP contribution >= 0.6 is 0 Å². The van der Waals surface area contributed by atoms with Gasteiger partial charge in [-0.2, -0.15) is 5.10 Å². The Hall–Kier alpha value is -1.57. The fourth-order valence-electron chi connectivity index (χ4n) is 1.25. The van der Waals surface area contributed by atoms with E-state index in [1.807, 2.05) is 51.7 Å². The molecule has 0 unspecified atom stereocenters. The quantitative estimate of drug-likeness (QED) is 0.705. The largest absolute Gasteiger partial charge is 0.241 e. The molecule has 0 fully saturated rings. The Kier molecular flexibility index (Phi) is 7.78. The van der Waals surface area contributed by atoms with E-state index >= 15 is 0 Å². The van der Waals surface area contributed by atoms with E-state index in [1.165, 1.54) is 11.1 Å². The van der Waals surface area contributed by atoms with Crippen molar-refractivity contribution in [2.75, 3.05) is 0 Å². The van der Waals surface area contributed by atoms with Crippen molar-refractivity contribution >= 4 is 0 Å². The lowest BCUT2D eigenvalue weighted by molar-refractivity contribution is 0.880. The van der Waals surface area contributed by atoms with Crippen LogP contribution in [0.25, 0.3) is 5.69 Å². The number of hydrogen-bond acceptors (Lipinski definition) is 1. The van der Waals surface area contributed by atoms with Crippen LogP contribution in [0.15, 0.2) is 36.7 Å². The molecule has 0 aliphatic carbocycles. The van der Waals surface area contributed by atoms with Crippen molar-refractivity contribution in [3.63, 3.8) is 0 Å². The molecule has 1 aromatic heterocycles. The topological polar surface area (TPSA) is 17.8 Å². The third kappa shape index (κ3) is 4.85. The van der Waals surface area contributed by atoms with E-state index in [4.69, 9.17) is 0 Å². The van der Waals surface area contributed by atoms with Gasteiger partial charge in [-0.3, -0.25) is 0 Å². The number of rotatable bonds is 1. The van der Waals surface area contributed by atoms with Crippen molar-refractivity contribution in [3.05, 3.63) is 47.8 Å². The molecule has 0 N–H and O–H groups in total. The monoisotopic (exact) mass is 232 g/mol. The molecular weight excluding hydrogens is 208 g/mol. The van der Waals surface area contributed by atoms with E-state index in [2.05, 4.69) is 36.3 Å². The molecule has 2 aromatic rings. The first-order chi connectivity index (χ1) is 8.25. The van der Waals surface area contributed by atoms with Crippen LogP contribution in [-0.2, 0) is 0 Å². The first kappa shape index (κ1) is 15.4. The summed E-state index contributed by atoms with van der Waals surface area (Å²) in [6.07, 6.45) is 3.88. The molecule has 0 saturated carbocycles. The first-order valence-corrected chi connectivity index (χ1v) is 6.34. The summed E-state index contributed by atoms with van der Waals surface area (Å²) in [5.74, 6) is 0. The highest BCUT2D eigenvalue weighted by molar-refractivity contribution is 5.33. The zero-order valence-corrected chi connectivity index (χ0v) is 11.9. The zero-order chi connectivity index (χ0) is 13.3. The highest BCUT2D eigenvalue weighted by Crippen LogP contribution is 2.08. The average molecular weight is 232 g/mol. The van der Waals surface area contributed by atoms with Gasteiger partial charge in [-0.25, -0.2) is 4.68 Å². The molecule has 2 rings (SSSR count). The van der Waals surface area contributed by atoms with Gasteiger partial charge >= 0.3 is 0 Å². The molecule has 0 saturated heterocycles. The summed E-state index contributed by atoms with van der Waals surface area (Å²) < 4.78 is 1.88. The number of aryl methyl sites for hydroxylation is 2. The van der Waals surface area contributed by atoms with Crippen LogP contribution < -0.4 is 0 Å². The maximum absolute atomic E-state index is 4.23. The minimum absolute atomic E-state index is 1.11. The second kappa shape index (κ2) is 8.57. The molecule has 0 aliphatic rings. The normalized spacial score (nSPS) is 8.59. The number of nitrogens with zero attached hydrogens (tertiary/aromatic N) is 2. The molecule has 0 amide bonds. The van der Waals surface area contributed by atoms with Gasteiger partial charge in [0.05, 0.1) is 11.9 Å². The maximum atomic E-state index is 4.23. The fraction of sp³-hybridized carbons (Fsp3) is 0.400. The Bertz CT molecular complexity index is 399. The van der Waals surface area contributed by atoms with Gasteiger partial charge in [0.2, 0.25) is 0 Å². The first-order valence-electron chi connectivity index (χ1n) is 6.34. The molecule has 2 heteroatoms. The van der Waals surface area contributed by atoms with Crippen molar-refractivity contribution in [2.24, 2.45) is 0 Å². The second-order valence-corrected chi connectivity index (χ2v) is 3.30. The molecule has 0 atom stereocenters.